The van der Waals surface area contributed by atoms with Gasteiger partial charge in [0.2, 0.25) is 5.76 Å². The van der Waals surface area contributed by atoms with Crippen LogP contribution in [0.3, 0.4) is 0 Å². The Morgan fingerprint density at radius 2 is 2.20 bits per heavy atom. The molecule has 2 heterocycles. The Labute approximate surface area is 117 Å². The van der Waals surface area contributed by atoms with Crippen molar-refractivity contribution in [3.8, 4) is 0 Å². The minimum atomic E-state index is -0.480. The molecule has 0 aliphatic heterocycles. The number of anilines is 2. The van der Waals surface area contributed by atoms with Crippen LogP contribution in [-0.2, 0) is 11.3 Å². The van der Waals surface area contributed by atoms with E-state index in [1.807, 2.05) is 25.1 Å². The molecule has 20 heavy (non-hydrogen) atoms. The van der Waals surface area contributed by atoms with Gasteiger partial charge in [0.25, 0.3) is 0 Å². The number of nitrogens with one attached hydrogen (secondary N) is 1. The van der Waals surface area contributed by atoms with Crippen LogP contribution in [0.1, 0.15) is 16.3 Å². The fourth-order valence-electron chi connectivity index (χ4n) is 1.78. The van der Waals surface area contributed by atoms with Crippen LogP contribution in [0.25, 0.3) is 0 Å². The molecule has 106 valence electrons. The van der Waals surface area contributed by atoms with Gasteiger partial charge in [-0.1, -0.05) is 0 Å². The highest BCUT2D eigenvalue weighted by atomic mass is 16.5. The number of furan rings is 1. The van der Waals surface area contributed by atoms with Gasteiger partial charge in [-0.05, 0) is 18.2 Å². The smallest absolute Gasteiger partial charge is 0.373 e. The van der Waals surface area contributed by atoms with E-state index in [0.717, 1.165) is 11.4 Å². The summed E-state index contributed by atoms with van der Waals surface area (Å²) in [5.74, 6) is 0.369. The topological polar surface area (TPSA) is 67.6 Å². The molecule has 0 atom stereocenters. The predicted molar refractivity (Wildman–Crippen MR) is 75.9 cm³/mol. The normalized spacial score (nSPS) is 10.2. The zero-order chi connectivity index (χ0) is 14.5. The Balaban J connectivity index is 2.06. The fourth-order valence-corrected chi connectivity index (χ4v) is 1.78. The summed E-state index contributed by atoms with van der Waals surface area (Å²) in [6, 6.07) is 5.26. The summed E-state index contributed by atoms with van der Waals surface area (Å²) in [5.41, 5.74) is 1.92. The van der Waals surface area contributed by atoms with Gasteiger partial charge < -0.3 is 19.4 Å². The van der Waals surface area contributed by atoms with Gasteiger partial charge in [-0.3, -0.25) is 4.98 Å². The first-order chi connectivity index (χ1) is 9.61. The van der Waals surface area contributed by atoms with E-state index in [1.54, 1.807) is 24.5 Å². The molecule has 1 N–H and O–H groups in total. The SMILES string of the molecule is COC(=O)c1ccc(CNc2cnccc2N(C)C)o1. The van der Waals surface area contributed by atoms with Gasteiger partial charge in [-0.15, -0.1) is 0 Å². The van der Waals surface area contributed by atoms with Crippen LogP contribution in [0.5, 0.6) is 0 Å². The van der Waals surface area contributed by atoms with Gasteiger partial charge in [-0.2, -0.15) is 0 Å². The quantitative estimate of drug-likeness (QED) is 0.843. The highest BCUT2D eigenvalue weighted by molar-refractivity contribution is 5.86. The van der Waals surface area contributed by atoms with Crippen molar-refractivity contribution in [1.29, 1.82) is 0 Å². The number of carbonyl (C=O) groups is 1. The Morgan fingerprint density at radius 1 is 1.40 bits per heavy atom. The zero-order valence-electron chi connectivity index (χ0n) is 11.7. The molecule has 0 saturated carbocycles. The van der Waals surface area contributed by atoms with E-state index in [9.17, 15) is 4.79 Å². The van der Waals surface area contributed by atoms with Crippen molar-refractivity contribution in [2.75, 3.05) is 31.4 Å². The molecule has 0 fully saturated rings. The Hall–Kier alpha value is -2.50. The van der Waals surface area contributed by atoms with E-state index >= 15 is 0 Å². The highest BCUT2D eigenvalue weighted by Crippen LogP contribution is 2.23. The van der Waals surface area contributed by atoms with E-state index in [-0.39, 0.29) is 5.76 Å². The third kappa shape index (κ3) is 3.09. The third-order valence-corrected chi connectivity index (χ3v) is 2.78. The van der Waals surface area contributed by atoms with Crippen molar-refractivity contribution in [2.45, 2.75) is 6.54 Å². The van der Waals surface area contributed by atoms with Crippen LogP contribution < -0.4 is 10.2 Å². The summed E-state index contributed by atoms with van der Waals surface area (Å²) in [4.78, 5) is 17.4. The predicted octanol–water partition coefficient (Wildman–Crippen LogP) is 2.14. The average molecular weight is 275 g/mol. The maximum absolute atomic E-state index is 11.3. The second kappa shape index (κ2) is 6.10. The second-order valence-corrected chi connectivity index (χ2v) is 4.40. The average Bonchev–Trinajstić information content (AvgIpc) is 2.93. The second-order valence-electron chi connectivity index (χ2n) is 4.40. The number of hydrogen-bond donors (Lipinski definition) is 1. The molecule has 2 rings (SSSR count). The van der Waals surface area contributed by atoms with Crippen molar-refractivity contribution < 1.29 is 13.9 Å². The summed E-state index contributed by atoms with van der Waals surface area (Å²) in [5, 5.41) is 3.23. The molecule has 0 saturated heterocycles. The molecule has 2 aromatic rings. The molecule has 0 amide bonds. The van der Waals surface area contributed by atoms with Crippen molar-refractivity contribution in [2.24, 2.45) is 0 Å². The standard InChI is InChI=1S/C14H17N3O3/c1-17(2)12-6-7-15-9-11(12)16-8-10-4-5-13(20-10)14(18)19-3/h4-7,9,16H,8H2,1-3H3. The van der Waals surface area contributed by atoms with Crippen molar-refractivity contribution in [1.82, 2.24) is 4.98 Å². The Bertz CT molecular complexity index is 593. The number of esters is 1. The van der Waals surface area contributed by atoms with Gasteiger partial charge in [-0.25, -0.2) is 4.79 Å². The molecule has 0 bridgehead atoms. The summed E-state index contributed by atoms with van der Waals surface area (Å²) in [6.07, 6.45) is 3.49. The van der Waals surface area contributed by atoms with E-state index in [1.165, 1.54) is 7.11 Å². The molecule has 0 radical (unpaired) electrons. The van der Waals surface area contributed by atoms with Crippen LogP contribution >= 0.6 is 0 Å². The molecule has 6 heteroatoms. The summed E-state index contributed by atoms with van der Waals surface area (Å²) in [7, 11) is 5.24. The van der Waals surface area contributed by atoms with Crippen molar-refractivity contribution >= 4 is 17.3 Å². The molecule has 0 aromatic carbocycles. The molecule has 0 spiro atoms. The largest absolute Gasteiger partial charge is 0.463 e. The van der Waals surface area contributed by atoms with E-state index in [2.05, 4.69) is 15.0 Å². The van der Waals surface area contributed by atoms with Gasteiger partial charge in [0.15, 0.2) is 0 Å². The molecule has 2 aromatic heterocycles. The lowest BCUT2D eigenvalue weighted by atomic mass is 10.3. The van der Waals surface area contributed by atoms with Gasteiger partial charge in [0.05, 0.1) is 31.2 Å². The summed E-state index contributed by atoms with van der Waals surface area (Å²) >= 11 is 0. The first-order valence-corrected chi connectivity index (χ1v) is 6.14. The molecule has 6 nitrogen and oxygen atoms in total. The zero-order valence-corrected chi connectivity index (χ0v) is 11.7. The number of hydrogen-bond acceptors (Lipinski definition) is 6. The number of rotatable bonds is 5. The van der Waals surface area contributed by atoms with Crippen LogP contribution in [-0.4, -0.2) is 32.2 Å². The maximum atomic E-state index is 11.3. The Kier molecular flexibility index (Phi) is 4.24. The van der Waals surface area contributed by atoms with Crippen LogP contribution in [0, 0.1) is 0 Å². The van der Waals surface area contributed by atoms with E-state index < -0.39 is 5.97 Å². The molecule has 0 unspecified atom stereocenters. The van der Waals surface area contributed by atoms with Crippen LogP contribution in [0.4, 0.5) is 11.4 Å². The number of carbonyl (C=O) groups excluding carboxylic acids is 1. The number of pyridine rings is 1. The number of aromatic nitrogens is 1. The first-order valence-electron chi connectivity index (χ1n) is 6.14. The van der Waals surface area contributed by atoms with E-state index in [4.69, 9.17) is 4.42 Å². The van der Waals surface area contributed by atoms with Crippen LogP contribution in [0.2, 0.25) is 0 Å². The van der Waals surface area contributed by atoms with Crippen LogP contribution in [0.15, 0.2) is 35.0 Å². The summed E-state index contributed by atoms with van der Waals surface area (Å²) < 4.78 is 9.98. The first kappa shape index (κ1) is 13.9. The number of methoxy groups -OCH3 is 1. The number of nitrogens with zero attached hydrogens (tertiary/aromatic N) is 2. The van der Waals surface area contributed by atoms with E-state index in [0.29, 0.717) is 12.3 Å². The lowest BCUT2D eigenvalue weighted by Gasteiger charge is -2.17. The molecular weight excluding hydrogens is 258 g/mol. The van der Waals surface area contributed by atoms with Gasteiger partial charge in [0.1, 0.15) is 5.76 Å². The van der Waals surface area contributed by atoms with Crippen molar-refractivity contribution in [3.63, 3.8) is 0 Å². The summed E-state index contributed by atoms with van der Waals surface area (Å²) in [6.45, 7) is 0.462. The lowest BCUT2D eigenvalue weighted by Crippen LogP contribution is -2.12. The Morgan fingerprint density at radius 3 is 2.90 bits per heavy atom. The lowest BCUT2D eigenvalue weighted by molar-refractivity contribution is 0.0563. The van der Waals surface area contributed by atoms with Gasteiger partial charge in [0, 0.05) is 20.3 Å². The van der Waals surface area contributed by atoms with Gasteiger partial charge >= 0.3 is 5.97 Å². The monoisotopic (exact) mass is 275 g/mol. The molecule has 0 aliphatic carbocycles. The molecule has 0 aliphatic rings. The van der Waals surface area contributed by atoms with Crippen molar-refractivity contribution in [3.05, 3.63) is 42.1 Å². The number of ether oxygens (including phenoxy) is 1. The highest BCUT2D eigenvalue weighted by Gasteiger charge is 2.11. The third-order valence-electron chi connectivity index (χ3n) is 2.78. The molecular formula is C14H17N3O3. The minimum Gasteiger partial charge on any atom is -0.463 e. The maximum Gasteiger partial charge on any atom is 0.373 e. The fraction of sp³-hybridized carbons (Fsp3) is 0.286. The minimum absolute atomic E-state index is 0.198.